The molecule has 3 aromatic rings. The molecule has 0 unspecified atom stereocenters. The second-order valence-electron chi connectivity index (χ2n) is 6.70. The normalized spacial score (nSPS) is 10.9. The summed E-state index contributed by atoms with van der Waals surface area (Å²) in [4.78, 5) is 26.1. The molecule has 0 saturated heterocycles. The molecule has 0 aliphatic heterocycles. The van der Waals surface area contributed by atoms with Crippen LogP contribution in [-0.4, -0.2) is 18.5 Å². The summed E-state index contributed by atoms with van der Waals surface area (Å²) in [6.45, 7) is 5.92. The van der Waals surface area contributed by atoms with E-state index in [0.29, 0.717) is 15.6 Å². The molecule has 0 bridgehead atoms. The Morgan fingerprint density at radius 1 is 1.07 bits per heavy atom. The van der Waals surface area contributed by atoms with Crippen LogP contribution in [0, 0.1) is 13.8 Å². The Morgan fingerprint density at radius 3 is 2.37 bits per heavy atom. The largest absolute Gasteiger partial charge is 0.462 e. The van der Waals surface area contributed by atoms with E-state index in [1.165, 1.54) is 17.4 Å². The van der Waals surface area contributed by atoms with Crippen LogP contribution in [0.3, 0.4) is 0 Å². The zero-order chi connectivity index (χ0) is 21.7. The lowest BCUT2D eigenvalue weighted by Crippen LogP contribution is -2.12. The van der Waals surface area contributed by atoms with Gasteiger partial charge in [-0.25, -0.2) is 4.79 Å². The minimum Gasteiger partial charge on any atom is -0.462 e. The Bertz CT molecular complexity index is 1080. The zero-order valence-electron chi connectivity index (χ0n) is 17.0. The van der Waals surface area contributed by atoms with Gasteiger partial charge >= 0.3 is 5.97 Å². The SMILES string of the molecule is CCOC(=O)c1c(NC(=O)/C=C/c2ccc(C)cc2)sc(C)c1-c1ccc(Cl)cc1. The van der Waals surface area contributed by atoms with Crippen LogP contribution in [0.5, 0.6) is 0 Å². The molecule has 0 atom stereocenters. The molecule has 0 fully saturated rings. The van der Waals surface area contributed by atoms with Crippen LogP contribution in [0.1, 0.15) is 33.3 Å². The monoisotopic (exact) mass is 439 g/mol. The quantitative estimate of drug-likeness (QED) is 0.351. The van der Waals surface area contributed by atoms with Gasteiger partial charge in [-0.3, -0.25) is 4.79 Å². The number of anilines is 1. The first-order chi connectivity index (χ1) is 14.4. The van der Waals surface area contributed by atoms with E-state index in [9.17, 15) is 9.59 Å². The van der Waals surface area contributed by atoms with Crippen molar-refractivity contribution < 1.29 is 14.3 Å². The van der Waals surface area contributed by atoms with Crippen LogP contribution in [-0.2, 0) is 9.53 Å². The van der Waals surface area contributed by atoms with Crippen molar-refractivity contribution in [2.45, 2.75) is 20.8 Å². The molecule has 1 heterocycles. The number of amides is 1. The van der Waals surface area contributed by atoms with Gasteiger partial charge in [0.05, 0.1) is 6.61 Å². The van der Waals surface area contributed by atoms with Crippen molar-refractivity contribution in [2.24, 2.45) is 0 Å². The summed E-state index contributed by atoms with van der Waals surface area (Å²) < 4.78 is 5.26. The van der Waals surface area contributed by atoms with Crippen molar-refractivity contribution in [3.05, 3.63) is 81.2 Å². The number of hydrogen-bond donors (Lipinski definition) is 1. The fourth-order valence-electron chi connectivity index (χ4n) is 3.00. The number of esters is 1. The van der Waals surface area contributed by atoms with E-state index in [-0.39, 0.29) is 12.5 Å². The first kappa shape index (κ1) is 21.8. The van der Waals surface area contributed by atoms with Crippen molar-refractivity contribution in [2.75, 3.05) is 11.9 Å². The van der Waals surface area contributed by atoms with E-state index in [0.717, 1.165) is 27.1 Å². The van der Waals surface area contributed by atoms with E-state index in [1.54, 1.807) is 25.1 Å². The van der Waals surface area contributed by atoms with Gasteiger partial charge in [0.15, 0.2) is 0 Å². The number of thiophene rings is 1. The van der Waals surface area contributed by atoms with E-state index < -0.39 is 5.97 Å². The van der Waals surface area contributed by atoms with E-state index >= 15 is 0 Å². The number of carbonyl (C=O) groups excluding carboxylic acids is 2. The Morgan fingerprint density at radius 2 is 1.73 bits per heavy atom. The van der Waals surface area contributed by atoms with Gasteiger partial charge in [-0.05, 0) is 50.1 Å². The van der Waals surface area contributed by atoms with Gasteiger partial charge in [-0.2, -0.15) is 0 Å². The first-order valence-corrected chi connectivity index (χ1v) is 10.7. The number of rotatable bonds is 6. The lowest BCUT2D eigenvalue weighted by molar-refractivity contribution is -0.111. The van der Waals surface area contributed by atoms with E-state index in [4.69, 9.17) is 16.3 Å². The van der Waals surface area contributed by atoms with Crippen LogP contribution in [0.2, 0.25) is 5.02 Å². The highest BCUT2D eigenvalue weighted by Gasteiger charge is 2.25. The van der Waals surface area contributed by atoms with Crippen LogP contribution in [0.4, 0.5) is 5.00 Å². The van der Waals surface area contributed by atoms with Crippen LogP contribution < -0.4 is 5.32 Å². The molecular weight excluding hydrogens is 418 g/mol. The van der Waals surface area contributed by atoms with Crippen molar-refractivity contribution >= 4 is 45.9 Å². The number of carbonyl (C=O) groups is 2. The summed E-state index contributed by atoms with van der Waals surface area (Å²) in [5, 5.41) is 3.92. The maximum Gasteiger partial charge on any atom is 0.341 e. The Kier molecular flexibility index (Phi) is 7.08. The Balaban J connectivity index is 1.92. The van der Waals surface area contributed by atoms with E-state index in [2.05, 4.69) is 5.32 Å². The Hall–Kier alpha value is -2.89. The van der Waals surface area contributed by atoms with Crippen molar-refractivity contribution in [1.29, 1.82) is 0 Å². The third kappa shape index (κ3) is 5.17. The summed E-state index contributed by atoms with van der Waals surface area (Å²) in [7, 11) is 0. The first-order valence-electron chi connectivity index (χ1n) is 9.51. The molecule has 6 heteroatoms. The number of aryl methyl sites for hydroxylation is 2. The summed E-state index contributed by atoms with van der Waals surface area (Å²) in [6.07, 6.45) is 3.19. The molecule has 1 aromatic heterocycles. The number of halogens is 1. The third-order valence-corrected chi connectivity index (χ3v) is 5.71. The fourth-order valence-corrected chi connectivity index (χ4v) is 4.19. The molecule has 30 heavy (non-hydrogen) atoms. The molecule has 0 aliphatic rings. The smallest absolute Gasteiger partial charge is 0.341 e. The molecule has 3 rings (SSSR count). The summed E-state index contributed by atoms with van der Waals surface area (Å²) in [5.41, 5.74) is 4.02. The highest BCUT2D eigenvalue weighted by atomic mass is 35.5. The van der Waals surface area contributed by atoms with Gasteiger partial charge in [0.25, 0.3) is 0 Å². The highest BCUT2D eigenvalue weighted by molar-refractivity contribution is 7.17. The predicted molar refractivity (Wildman–Crippen MR) is 124 cm³/mol. The van der Waals surface area contributed by atoms with Gasteiger partial charge < -0.3 is 10.1 Å². The molecule has 154 valence electrons. The summed E-state index contributed by atoms with van der Waals surface area (Å²) >= 11 is 7.35. The number of hydrogen-bond acceptors (Lipinski definition) is 4. The zero-order valence-corrected chi connectivity index (χ0v) is 18.6. The lowest BCUT2D eigenvalue weighted by atomic mass is 10.0. The molecule has 0 radical (unpaired) electrons. The van der Waals surface area contributed by atoms with Gasteiger partial charge in [0, 0.05) is 21.5 Å². The van der Waals surface area contributed by atoms with Gasteiger partial charge in [0.1, 0.15) is 10.6 Å². The topological polar surface area (TPSA) is 55.4 Å². The average molecular weight is 440 g/mol. The molecule has 0 spiro atoms. The van der Waals surface area contributed by atoms with Crippen molar-refractivity contribution in [1.82, 2.24) is 0 Å². The standard InChI is InChI=1S/C24H22ClNO3S/c1-4-29-24(28)22-21(18-10-12-19(25)13-11-18)16(3)30-23(22)26-20(27)14-9-17-7-5-15(2)6-8-17/h5-14H,4H2,1-3H3,(H,26,27)/b14-9+. The Labute approximate surface area is 185 Å². The average Bonchev–Trinajstić information content (AvgIpc) is 3.04. The molecule has 0 aliphatic carbocycles. The van der Waals surface area contributed by atoms with Crippen LogP contribution in [0.25, 0.3) is 17.2 Å². The number of nitrogens with one attached hydrogen (secondary N) is 1. The second-order valence-corrected chi connectivity index (χ2v) is 8.36. The minimum atomic E-state index is -0.468. The van der Waals surface area contributed by atoms with Crippen LogP contribution >= 0.6 is 22.9 Å². The lowest BCUT2D eigenvalue weighted by Gasteiger charge is -2.08. The predicted octanol–water partition coefficient (Wildman–Crippen LogP) is 6.51. The van der Waals surface area contributed by atoms with Crippen LogP contribution in [0.15, 0.2) is 54.6 Å². The maximum absolute atomic E-state index is 12.7. The molecule has 0 saturated carbocycles. The molecule has 1 N–H and O–H groups in total. The van der Waals surface area contributed by atoms with E-state index in [1.807, 2.05) is 50.2 Å². The van der Waals surface area contributed by atoms with Gasteiger partial charge in [-0.1, -0.05) is 53.6 Å². The molecule has 2 aromatic carbocycles. The summed E-state index contributed by atoms with van der Waals surface area (Å²) in [6, 6.07) is 15.1. The number of ether oxygens (including phenoxy) is 1. The highest BCUT2D eigenvalue weighted by Crippen LogP contribution is 2.40. The maximum atomic E-state index is 12.7. The summed E-state index contributed by atoms with van der Waals surface area (Å²) in [5.74, 6) is -0.783. The third-order valence-electron chi connectivity index (χ3n) is 4.44. The van der Waals surface area contributed by atoms with Crippen molar-refractivity contribution in [3.8, 4) is 11.1 Å². The minimum absolute atomic E-state index is 0.245. The second kappa shape index (κ2) is 9.74. The molecule has 4 nitrogen and oxygen atoms in total. The molecular formula is C24H22ClNO3S. The van der Waals surface area contributed by atoms with Gasteiger partial charge in [-0.15, -0.1) is 11.3 Å². The van der Waals surface area contributed by atoms with Gasteiger partial charge in [0.2, 0.25) is 5.91 Å². The van der Waals surface area contributed by atoms with Crippen molar-refractivity contribution in [3.63, 3.8) is 0 Å². The molecule has 1 amide bonds. The number of benzene rings is 2. The fraction of sp³-hybridized carbons (Fsp3) is 0.167.